The van der Waals surface area contributed by atoms with E-state index in [9.17, 15) is 4.79 Å². The molecule has 1 amide bonds. The van der Waals surface area contributed by atoms with Crippen molar-refractivity contribution in [3.8, 4) is 17.0 Å². The van der Waals surface area contributed by atoms with Crippen LogP contribution in [0.25, 0.3) is 22.0 Å². The molecule has 0 fully saturated rings. The summed E-state index contributed by atoms with van der Waals surface area (Å²) in [4.78, 5) is 19.2. The largest absolute Gasteiger partial charge is 0.412 e. The average molecular weight is 392 g/mol. The van der Waals surface area contributed by atoms with Crippen LogP contribution in [-0.4, -0.2) is 42.2 Å². The Bertz CT molecular complexity index is 997. The molecule has 2 aromatic carbocycles. The number of ether oxygens (including phenoxy) is 1. The van der Waals surface area contributed by atoms with E-state index >= 15 is 0 Å². The summed E-state index contributed by atoms with van der Waals surface area (Å²) in [5, 5.41) is 4.69. The molecule has 0 spiro atoms. The van der Waals surface area contributed by atoms with E-state index in [4.69, 9.17) is 4.74 Å². The summed E-state index contributed by atoms with van der Waals surface area (Å²) in [6.07, 6.45) is 1.19. The van der Waals surface area contributed by atoms with E-state index in [1.165, 1.54) is 0 Å². The molecule has 1 aromatic heterocycles. The van der Waals surface area contributed by atoms with Crippen molar-refractivity contribution in [1.82, 2.24) is 15.2 Å². The van der Waals surface area contributed by atoms with Gasteiger partial charge in [-0.1, -0.05) is 55.8 Å². The Kier molecular flexibility index (Phi) is 6.83. The van der Waals surface area contributed by atoms with Crippen molar-refractivity contribution in [3.05, 3.63) is 59.8 Å². The predicted octanol–water partition coefficient (Wildman–Crippen LogP) is 4.95. The summed E-state index contributed by atoms with van der Waals surface area (Å²) in [6.45, 7) is 11.6. The van der Waals surface area contributed by atoms with Crippen LogP contribution in [0.1, 0.15) is 25.0 Å². The van der Waals surface area contributed by atoms with E-state index in [1.54, 1.807) is 6.20 Å². The fourth-order valence-corrected chi connectivity index (χ4v) is 3.46. The van der Waals surface area contributed by atoms with Crippen LogP contribution in [0.15, 0.2) is 48.7 Å². The Morgan fingerprint density at radius 3 is 2.55 bits per heavy atom. The van der Waals surface area contributed by atoms with Gasteiger partial charge in [0.2, 0.25) is 0 Å². The van der Waals surface area contributed by atoms with E-state index in [2.05, 4.69) is 61.1 Å². The Labute approximate surface area is 172 Å². The highest BCUT2D eigenvalue weighted by atomic mass is 16.6. The van der Waals surface area contributed by atoms with Gasteiger partial charge in [-0.3, -0.25) is 4.98 Å². The lowest BCUT2D eigenvalue weighted by Gasteiger charge is -2.18. The number of fused-ring (bicyclic) bond motifs is 1. The lowest BCUT2D eigenvalue weighted by atomic mass is 9.99. The number of likely N-dealkylation sites (N-methyl/N-ethyl adjacent to an activating group) is 1. The van der Waals surface area contributed by atoms with E-state index in [1.807, 2.05) is 24.3 Å². The number of nitrogens with one attached hydrogen (secondary N) is 1. The van der Waals surface area contributed by atoms with E-state index in [0.29, 0.717) is 12.3 Å². The minimum absolute atomic E-state index is 0.454. The van der Waals surface area contributed by atoms with Crippen molar-refractivity contribution in [2.45, 2.75) is 27.7 Å². The molecule has 0 saturated carbocycles. The van der Waals surface area contributed by atoms with E-state index < -0.39 is 6.09 Å². The van der Waals surface area contributed by atoms with Crippen LogP contribution in [0.5, 0.6) is 5.75 Å². The second-order valence-electron chi connectivity index (χ2n) is 7.18. The molecule has 0 atom stereocenters. The fourth-order valence-electron chi connectivity index (χ4n) is 3.46. The molecule has 1 heterocycles. The SMILES string of the molecule is CCN(CC)CCNC(=O)Oc1cnc(-c2ccccc2C)c2cc(C)ccc12. The van der Waals surface area contributed by atoms with Gasteiger partial charge >= 0.3 is 6.09 Å². The third kappa shape index (κ3) is 4.93. The van der Waals surface area contributed by atoms with Gasteiger partial charge < -0.3 is 15.0 Å². The topological polar surface area (TPSA) is 54.5 Å². The van der Waals surface area contributed by atoms with Gasteiger partial charge in [0.05, 0.1) is 11.9 Å². The van der Waals surface area contributed by atoms with E-state index in [0.717, 1.165) is 52.8 Å². The fraction of sp³-hybridized carbons (Fsp3) is 0.333. The van der Waals surface area contributed by atoms with Crippen molar-refractivity contribution in [1.29, 1.82) is 0 Å². The third-order valence-electron chi connectivity index (χ3n) is 5.20. The van der Waals surface area contributed by atoms with Crippen molar-refractivity contribution in [3.63, 3.8) is 0 Å². The molecular formula is C24H29N3O2. The summed E-state index contributed by atoms with van der Waals surface area (Å²) in [7, 11) is 0. The van der Waals surface area contributed by atoms with Crippen molar-refractivity contribution in [2.24, 2.45) is 0 Å². The highest BCUT2D eigenvalue weighted by molar-refractivity contribution is 5.99. The number of amides is 1. The Balaban J connectivity index is 1.86. The smallest absolute Gasteiger partial charge is 0.408 e. The minimum Gasteiger partial charge on any atom is -0.408 e. The molecule has 3 aromatic rings. The molecule has 152 valence electrons. The highest BCUT2D eigenvalue weighted by Gasteiger charge is 2.14. The molecular weight excluding hydrogens is 362 g/mol. The maximum absolute atomic E-state index is 12.3. The molecule has 0 unspecified atom stereocenters. The molecule has 5 heteroatoms. The normalized spacial score (nSPS) is 11.1. The van der Waals surface area contributed by atoms with Crippen LogP contribution in [0.3, 0.4) is 0 Å². The molecule has 3 rings (SSSR count). The zero-order valence-corrected chi connectivity index (χ0v) is 17.7. The summed E-state index contributed by atoms with van der Waals surface area (Å²) in [5.41, 5.74) is 4.27. The molecule has 0 bridgehead atoms. The first kappa shape index (κ1) is 20.8. The summed E-state index contributed by atoms with van der Waals surface area (Å²) >= 11 is 0. The highest BCUT2D eigenvalue weighted by Crippen LogP contribution is 2.34. The zero-order chi connectivity index (χ0) is 20.8. The molecule has 0 aliphatic rings. The van der Waals surface area contributed by atoms with Crippen LogP contribution in [-0.2, 0) is 0 Å². The van der Waals surface area contributed by atoms with Crippen LogP contribution in [0.4, 0.5) is 4.79 Å². The van der Waals surface area contributed by atoms with Gasteiger partial charge in [0.25, 0.3) is 0 Å². The number of pyridine rings is 1. The summed E-state index contributed by atoms with van der Waals surface area (Å²) in [5.74, 6) is 0.470. The summed E-state index contributed by atoms with van der Waals surface area (Å²) < 4.78 is 5.61. The van der Waals surface area contributed by atoms with Crippen LogP contribution in [0.2, 0.25) is 0 Å². The predicted molar refractivity (Wildman–Crippen MR) is 118 cm³/mol. The second-order valence-corrected chi connectivity index (χ2v) is 7.18. The van der Waals surface area contributed by atoms with Crippen LogP contribution < -0.4 is 10.1 Å². The molecule has 29 heavy (non-hydrogen) atoms. The van der Waals surface area contributed by atoms with Crippen molar-refractivity contribution in [2.75, 3.05) is 26.2 Å². The number of rotatable bonds is 7. The summed E-state index contributed by atoms with van der Waals surface area (Å²) in [6, 6.07) is 14.3. The van der Waals surface area contributed by atoms with Gasteiger partial charge in [-0.25, -0.2) is 4.79 Å². The first-order valence-corrected chi connectivity index (χ1v) is 10.2. The molecule has 1 N–H and O–H groups in total. The molecule has 0 radical (unpaired) electrons. The van der Waals surface area contributed by atoms with Gasteiger partial charge in [0.15, 0.2) is 5.75 Å². The molecule has 0 aliphatic heterocycles. The standard InChI is InChI=1S/C24H29N3O2/c1-5-27(6-2)14-13-25-24(28)29-22-16-26-23(19-10-8-7-9-18(19)4)21-15-17(3)11-12-20(21)22/h7-12,15-16H,5-6,13-14H2,1-4H3,(H,25,28). The van der Waals surface area contributed by atoms with Crippen LogP contribution >= 0.6 is 0 Å². The van der Waals surface area contributed by atoms with Crippen molar-refractivity contribution < 1.29 is 9.53 Å². The Hall–Kier alpha value is -2.92. The average Bonchev–Trinajstić information content (AvgIpc) is 2.72. The zero-order valence-electron chi connectivity index (χ0n) is 17.7. The first-order chi connectivity index (χ1) is 14.0. The van der Waals surface area contributed by atoms with Gasteiger partial charge in [0, 0.05) is 29.4 Å². The van der Waals surface area contributed by atoms with Gasteiger partial charge in [-0.15, -0.1) is 0 Å². The lowest BCUT2D eigenvalue weighted by Crippen LogP contribution is -2.36. The Morgan fingerprint density at radius 1 is 1.07 bits per heavy atom. The number of aromatic nitrogens is 1. The maximum atomic E-state index is 12.3. The Morgan fingerprint density at radius 2 is 1.83 bits per heavy atom. The monoisotopic (exact) mass is 391 g/mol. The minimum atomic E-state index is -0.454. The lowest BCUT2D eigenvalue weighted by molar-refractivity contribution is 0.198. The first-order valence-electron chi connectivity index (χ1n) is 10.2. The number of benzene rings is 2. The van der Waals surface area contributed by atoms with Gasteiger partial charge in [0.1, 0.15) is 0 Å². The third-order valence-corrected chi connectivity index (χ3v) is 5.20. The quantitative estimate of drug-likeness (QED) is 0.619. The van der Waals surface area contributed by atoms with Crippen LogP contribution in [0, 0.1) is 13.8 Å². The molecule has 5 nitrogen and oxygen atoms in total. The van der Waals surface area contributed by atoms with Crippen molar-refractivity contribution >= 4 is 16.9 Å². The second kappa shape index (κ2) is 9.52. The molecule has 0 aliphatic carbocycles. The number of carbonyl (C=O) groups excluding carboxylic acids is 1. The van der Waals surface area contributed by atoms with Gasteiger partial charge in [-0.05, 0) is 38.6 Å². The number of carbonyl (C=O) groups is 1. The number of hydrogen-bond acceptors (Lipinski definition) is 4. The number of hydrogen-bond donors (Lipinski definition) is 1. The maximum Gasteiger partial charge on any atom is 0.412 e. The molecule has 0 saturated heterocycles. The number of aryl methyl sites for hydroxylation is 2. The number of nitrogens with zero attached hydrogens (tertiary/aromatic N) is 2. The van der Waals surface area contributed by atoms with Gasteiger partial charge in [-0.2, -0.15) is 0 Å². The van der Waals surface area contributed by atoms with E-state index in [-0.39, 0.29) is 0 Å².